The number of unbranched alkanes of at least 4 members (excludes halogenated alkanes) is 1. The van der Waals surface area contributed by atoms with E-state index in [9.17, 15) is 4.79 Å². The molecule has 0 heterocycles. The molecule has 0 aliphatic rings. The number of esters is 1. The van der Waals surface area contributed by atoms with E-state index in [2.05, 4.69) is 66.5 Å². The maximum atomic E-state index is 12.6. The van der Waals surface area contributed by atoms with E-state index < -0.39 is 0 Å². The Balaban J connectivity index is 2.13. The second-order valence-electron chi connectivity index (χ2n) is 6.19. The van der Waals surface area contributed by atoms with Crippen molar-refractivity contribution in [1.82, 2.24) is 0 Å². The molecule has 0 saturated carbocycles. The number of benzene rings is 2. The van der Waals surface area contributed by atoms with Crippen LogP contribution in [0.3, 0.4) is 0 Å². The third-order valence-corrected chi connectivity index (χ3v) is 8.66. The van der Waals surface area contributed by atoms with E-state index >= 15 is 0 Å². The van der Waals surface area contributed by atoms with E-state index in [0.717, 1.165) is 12.0 Å². The van der Waals surface area contributed by atoms with Gasteiger partial charge in [-0.15, -0.1) is 0 Å². The fourth-order valence-corrected chi connectivity index (χ4v) is 6.88. The van der Waals surface area contributed by atoms with Gasteiger partial charge < -0.3 is 0 Å². The first kappa shape index (κ1) is 22.0. The van der Waals surface area contributed by atoms with Gasteiger partial charge in [0.05, 0.1) is 0 Å². The molecule has 2 aromatic carbocycles. The predicted molar refractivity (Wildman–Crippen MR) is 116 cm³/mol. The van der Waals surface area contributed by atoms with Crippen LogP contribution in [-0.4, -0.2) is 42.5 Å². The Bertz CT molecular complexity index is 699. The van der Waals surface area contributed by atoms with Crippen LogP contribution < -0.4 is 8.92 Å². The van der Waals surface area contributed by atoms with Crippen molar-refractivity contribution in [2.75, 3.05) is 6.61 Å². The Labute approximate surface area is 176 Å². The molecule has 4 heteroatoms. The zero-order valence-electron chi connectivity index (χ0n) is 16.1. The molecule has 0 fully saturated rings. The summed E-state index contributed by atoms with van der Waals surface area (Å²) in [6, 6.07) is 21.1. The average molecular weight is 494 g/mol. The van der Waals surface area contributed by atoms with Crippen molar-refractivity contribution < 1.29 is 9.53 Å². The SMILES string of the molecule is CCCCC(C/C(=C/[Se]c1ccccc1)C(=O)OCC)[Se]c1ccccc1. The van der Waals surface area contributed by atoms with Gasteiger partial charge in [-0.05, 0) is 0 Å². The molecule has 0 bridgehead atoms. The third-order valence-electron chi connectivity index (χ3n) is 3.99. The van der Waals surface area contributed by atoms with Crippen LogP contribution in [0.4, 0.5) is 0 Å². The van der Waals surface area contributed by atoms with E-state index in [1.807, 2.05) is 13.0 Å². The van der Waals surface area contributed by atoms with Gasteiger partial charge in [0, 0.05) is 0 Å². The summed E-state index contributed by atoms with van der Waals surface area (Å²) in [5, 5.41) is 0. The molecular formula is C23H28O2Se2. The van der Waals surface area contributed by atoms with Crippen molar-refractivity contribution in [3.63, 3.8) is 0 Å². The molecule has 27 heavy (non-hydrogen) atoms. The minimum absolute atomic E-state index is 0.138. The van der Waals surface area contributed by atoms with E-state index in [1.165, 1.54) is 28.2 Å². The van der Waals surface area contributed by atoms with E-state index in [4.69, 9.17) is 4.74 Å². The van der Waals surface area contributed by atoms with Crippen molar-refractivity contribution in [1.29, 1.82) is 0 Å². The molecule has 2 nitrogen and oxygen atoms in total. The molecule has 0 amide bonds. The Morgan fingerprint density at radius 2 is 1.63 bits per heavy atom. The fraction of sp³-hybridized carbons (Fsp3) is 0.348. The number of rotatable bonds is 11. The van der Waals surface area contributed by atoms with Crippen LogP contribution >= 0.6 is 0 Å². The zero-order chi connectivity index (χ0) is 19.3. The summed E-state index contributed by atoms with van der Waals surface area (Å²) in [7, 11) is 0. The van der Waals surface area contributed by atoms with E-state index in [-0.39, 0.29) is 20.9 Å². The summed E-state index contributed by atoms with van der Waals surface area (Å²) in [5.41, 5.74) is 0.861. The van der Waals surface area contributed by atoms with Crippen LogP contribution in [0.2, 0.25) is 4.82 Å². The van der Waals surface area contributed by atoms with Crippen LogP contribution in [-0.2, 0) is 9.53 Å². The fourth-order valence-electron chi connectivity index (χ4n) is 2.61. The molecule has 1 atom stereocenters. The first-order valence-corrected chi connectivity index (χ1v) is 13.2. The number of hydrogen-bond acceptors (Lipinski definition) is 2. The Hall–Kier alpha value is -1.31. The molecule has 0 aromatic heterocycles. The molecular weight excluding hydrogens is 466 g/mol. The molecule has 0 N–H and O–H groups in total. The van der Waals surface area contributed by atoms with Crippen molar-refractivity contribution >= 4 is 44.8 Å². The second-order valence-corrected chi connectivity index (χ2v) is 11.1. The monoisotopic (exact) mass is 496 g/mol. The van der Waals surface area contributed by atoms with Crippen LogP contribution in [0.5, 0.6) is 0 Å². The maximum absolute atomic E-state index is 12.6. The van der Waals surface area contributed by atoms with Crippen LogP contribution in [0.15, 0.2) is 71.2 Å². The van der Waals surface area contributed by atoms with Crippen molar-refractivity contribution in [2.24, 2.45) is 0 Å². The summed E-state index contributed by atoms with van der Waals surface area (Å²) in [6.45, 7) is 4.53. The van der Waals surface area contributed by atoms with Gasteiger partial charge >= 0.3 is 177 Å². The molecule has 144 valence electrons. The van der Waals surface area contributed by atoms with E-state index in [1.54, 1.807) is 0 Å². The van der Waals surface area contributed by atoms with Gasteiger partial charge in [0.2, 0.25) is 0 Å². The van der Waals surface area contributed by atoms with Gasteiger partial charge in [0.25, 0.3) is 0 Å². The van der Waals surface area contributed by atoms with Gasteiger partial charge in [-0.1, -0.05) is 0 Å². The minimum atomic E-state index is -0.138. The summed E-state index contributed by atoms with van der Waals surface area (Å²) < 4.78 is 8.05. The standard InChI is InChI=1S/C23H28O2Se2/c1-3-5-12-22(27-21-15-10-7-11-16-21)17-19(23(24)25-4-2)18-26-20-13-8-6-9-14-20/h6-11,13-16,18,22H,3-5,12,17H2,1-2H3/b19-18-. The molecule has 2 rings (SSSR count). The van der Waals surface area contributed by atoms with Crippen molar-refractivity contribution in [2.45, 2.75) is 44.3 Å². The molecule has 0 spiro atoms. The quantitative estimate of drug-likeness (QED) is 0.270. The molecule has 0 saturated heterocycles. The predicted octanol–water partition coefficient (Wildman–Crippen LogP) is 3.86. The third kappa shape index (κ3) is 8.49. The zero-order valence-corrected chi connectivity index (χ0v) is 19.5. The van der Waals surface area contributed by atoms with Gasteiger partial charge in [-0.3, -0.25) is 0 Å². The summed E-state index contributed by atoms with van der Waals surface area (Å²) >= 11 is 0.514. The van der Waals surface area contributed by atoms with Crippen molar-refractivity contribution in [3.05, 3.63) is 71.2 Å². The number of ether oxygens (including phenoxy) is 1. The molecule has 0 aliphatic carbocycles. The average Bonchev–Trinajstić information content (AvgIpc) is 2.70. The van der Waals surface area contributed by atoms with Gasteiger partial charge in [-0.25, -0.2) is 0 Å². The molecule has 0 radical (unpaired) electrons. The topological polar surface area (TPSA) is 26.3 Å². The van der Waals surface area contributed by atoms with Gasteiger partial charge in [0.15, 0.2) is 0 Å². The van der Waals surface area contributed by atoms with Gasteiger partial charge in [0.1, 0.15) is 0 Å². The van der Waals surface area contributed by atoms with E-state index in [0.29, 0.717) is 26.4 Å². The number of hydrogen-bond donors (Lipinski definition) is 0. The summed E-state index contributed by atoms with van der Waals surface area (Å²) in [5.74, 6) is -0.138. The van der Waals surface area contributed by atoms with Crippen LogP contribution in [0.1, 0.15) is 39.5 Å². The first-order chi connectivity index (χ1) is 13.2. The summed E-state index contributed by atoms with van der Waals surface area (Å²) in [6.07, 6.45) is 4.38. The first-order valence-electron chi connectivity index (χ1n) is 9.52. The Morgan fingerprint density at radius 3 is 2.22 bits per heavy atom. The molecule has 1 unspecified atom stereocenters. The Kier molecular flexibility index (Phi) is 10.6. The van der Waals surface area contributed by atoms with Crippen molar-refractivity contribution in [3.8, 4) is 0 Å². The molecule has 2 aromatic rings. The number of carbonyl (C=O) groups is 1. The second kappa shape index (κ2) is 13.0. The normalized spacial score (nSPS) is 12.6. The number of carbonyl (C=O) groups excluding carboxylic acids is 1. The Morgan fingerprint density at radius 1 is 1.00 bits per heavy atom. The molecule has 0 aliphatic heterocycles. The summed E-state index contributed by atoms with van der Waals surface area (Å²) in [4.78, 5) is 15.2. The van der Waals surface area contributed by atoms with Gasteiger partial charge in [-0.2, -0.15) is 0 Å². The van der Waals surface area contributed by atoms with Crippen LogP contribution in [0, 0.1) is 0 Å². The van der Waals surface area contributed by atoms with Crippen LogP contribution in [0.25, 0.3) is 0 Å².